The van der Waals surface area contributed by atoms with Gasteiger partial charge in [0.05, 0.1) is 38.1 Å². The zero-order chi connectivity index (χ0) is 43.2. The fraction of sp³-hybridized carbons (Fsp3) is 0.333. The molecule has 12 nitrogen and oxygen atoms in total. The van der Waals surface area contributed by atoms with Crippen molar-refractivity contribution < 1.29 is 28.2 Å². The van der Waals surface area contributed by atoms with Crippen LogP contribution in [0.5, 0.6) is 11.5 Å². The lowest BCUT2D eigenvalue weighted by molar-refractivity contribution is -0.112. The highest BCUT2D eigenvalue weighted by Crippen LogP contribution is 2.33. The molecule has 62 heavy (non-hydrogen) atoms. The van der Waals surface area contributed by atoms with Gasteiger partial charge in [-0.2, -0.15) is 0 Å². The first-order valence-electron chi connectivity index (χ1n) is 21.4. The van der Waals surface area contributed by atoms with Crippen LogP contribution in [0.15, 0.2) is 123 Å². The average molecular weight is 876 g/mol. The molecule has 0 radical (unpaired) electrons. The van der Waals surface area contributed by atoms with Crippen LogP contribution in [0.3, 0.4) is 0 Å². The van der Waals surface area contributed by atoms with E-state index >= 15 is 0 Å². The molecule has 8 rings (SSSR count). The minimum atomic E-state index is -3.82. The highest BCUT2D eigenvalue weighted by atomic mass is 32.2. The summed E-state index contributed by atoms with van der Waals surface area (Å²) in [6.07, 6.45) is 9.62. The van der Waals surface area contributed by atoms with Gasteiger partial charge >= 0.3 is 0 Å². The molecule has 1 saturated carbocycles. The second kappa shape index (κ2) is 19.4. The molecule has 2 fully saturated rings. The number of H-pyrrole nitrogens is 1. The lowest BCUT2D eigenvalue weighted by Gasteiger charge is -2.41. The van der Waals surface area contributed by atoms with Crippen LogP contribution in [0.1, 0.15) is 74.3 Å². The van der Waals surface area contributed by atoms with Crippen LogP contribution in [-0.4, -0.2) is 78.1 Å². The predicted octanol–water partition coefficient (Wildman–Crippen LogP) is 8.04. The third-order valence-electron chi connectivity index (χ3n) is 12.3. The van der Waals surface area contributed by atoms with E-state index in [9.17, 15) is 28.2 Å². The summed E-state index contributed by atoms with van der Waals surface area (Å²) in [6.45, 7) is 7.03. The van der Waals surface area contributed by atoms with E-state index in [0.29, 0.717) is 23.2 Å². The van der Waals surface area contributed by atoms with Gasteiger partial charge in [0, 0.05) is 68.9 Å². The van der Waals surface area contributed by atoms with Crippen LogP contribution in [0.25, 0.3) is 21.0 Å². The van der Waals surface area contributed by atoms with E-state index in [1.165, 1.54) is 86.5 Å². The number of amides is 1. The molecule has 5 N–H and O–H groups in total. The number of hydrogen-bond donors (Lipinski definition) is 5. The van der Waals surface area contributed by atoms with E-state index in [1.54, 1.807) is 36.4 Å². The van der Waals surface area contributed by atoms with Crippen molar-refractivity contribution in [3.8, 4) is 11.5 Å². The highest BCUT2D eigenvalue weighted by Gasteiger charge is 2.27. The standard InChI is InChI=1S/C48H53N5O7S2/c1-32(52-23-25-53(26-24-52)35-7-4-2-3-5-8-35)33-11-14-37(15-12-33)62(58,59)38-10-6-9-36(29-38)60-27-21-46(57)50-42-18-13-34(39-22-28-61-48(39)42)30-49-31-44(55)40-16-19-43(54)47-41(40)17-20-45(56)51-47/h6,9-22,27-29,32,35,44,49,54-55H,2-5,7-8,23-26,30-31H2,1H3,(H,50,57)(H,51,56)/t32-,44-/m0/s1. The molecule has 14 heteroatoms. The highest BCUT2D eigenvalue weighted by molar-refractivity contribution is 7.91. The van der Waals surface area contributed by atoms with Crippen molar-refractivity contribution >= 4 is 53.8 Å². The van der Waals surface area contributed by atoms with E-state index in [1.807, 2.05) is 35.7 Å². The number of hydrogen-bond acceptors (Lipinski definition) is 11. The number of thiophene rings is 1. The molecule has 6 aromatic rings. The van der Waals surface area contributed by atoms with Crippen LogP contribution in [-0.2, 0) is 21.2 Å². The summed E-state index contributed by atoms with van der Waals surface area (Å²) in [5, 5.41) is 30.8. The zero-order valence-electron chi connectivity index (χ0n) is 34.8. The molecular weight excluding hydrogens is 823 g/mol. The van der Waals surface area contributed by atoms with Gasteiger partial charge in [-0.05, 0) is 102 Å². The fourth-order valence-electron chi connectivity index (χ4n) is 8.82. The van der Waals surface area contributed by atoms with Gasteiger partial charge in [-0.3, -0.25) is 19.4 Å². The molecule has 2 aliphatic rings. The minimum absolute atomic E-state index is 0.0689. The molecule has 0 bridgehead atoms. The predicted molar refractivity (Wildman–Crippen MR) is 245 cm³/mol. The van der Waals surface area contributed by atoms with Gasteiger partial charge in [0.15, 0.2) is 0 Å². The van der Waals surface area contributed by atoms with E-state index in [0.717, 1.165) is 53.4 Å². The summed E-state index contributed by atoms with van der Waals surface area (Å²) in [5.41, 5.74) is 3.19. The quantitative estimate of drug-likeness (QED) is 0.0411. The van der Waals surface area contributed by atoms with Gasteiger partial charge in [-0.25, -0.2) is 8.42 Å². The molecule has 0 spiro atoms. The van der Waals surface area contributed by atoms with E-state index in [-0.39, 0.29) is 45.0 Å². The van der Waals surface area contributed by atoms with Gasteiger partial charge < -0.3 is 30.6 Å². The van der Waals surface area contributed by atoms with Crippen LogP contribution >= 0.6 is 11.3 Å². The number of aliphatic hydroxyl groups is 1. The number of fused-ring (bicyclic) bond motifs is 2. The van der Waals surface area contributed by atoms with Crippen molar-refractivity contribution in [2.75, 3.05) is 38.0 Å². The largest absolute Gasteiger partial charge is 0.506 e. The van der Waals surface area contributed by atoms with Crippen molar-refractivity contribution in [2.45, 2.75) is 80.0 Å². The number of sulfone groups is 1. The maximum Gasteiger partial charge on any atom is 0.251 e. The summed E-state index contributed by atoms with van der Waals surface area (Å²) in [7, 11) is -3.82. The SMILES string of the molecule is C[C@@H](c1ccc(S(=O)(=O)c2cccc(OC=CC(=O)Nc3ccc(CNC[C@H](O)c4ccc(O)c5[nH]c(=O)ccc45)c4ccsc34)c2)cc1)N1CCN(C2CCCCCC2)CC1. The number of phenolic OH excluding ortho intramolecular Hbond substituents is 1. The van der Waals surface area contributed by atoms with Gasteiger partial charge in [-0.15, -0.1) is 11.3 Å². The molecular formula is C48H53N5O7S2. The van der Waals surface area contributed by atoms with Crippen molar-refractivity contribution in [1.82, 2.24) is 20.1 Å². The number of rotatable bonds is 14. The number of piperazine rings is 1. The Kier molecular flexibility index (Phi) is 13.5. The lowest BCUT2D eigenvalue weighted by atomic mass is 10.0. The summed E-state index contributed by atoms with van der Waals surface area (Å²) in [5.74, 6) is -0.212. The molecule has 1 saturated heterocycles. The number of benzene rings is 4. The number of phenols is 1. The summed E-state index contributed by atoms with van der Waals surface area (Å²) < 4.78 is 34.0. The van der Waals surface area contributed by atoms with Gasteiger partial charge in [0.2, 0.25) is 15.4 Å². The smallest absolute Gasteiger partial charge is 0.251 e. The van der Waals surface area contributed by atoms with Crippen molar-refractivity contribution in [1.29, 1.82) is 0 Å². The third kappa shape index (κ3) is 9.81. The number of pyridine rings is 1. The van der Waals surface area contributed by atoms with Crippen LogP contribution in [0.4, 0.5) is 5.69 Å². The van der Waals surface area contributed by atoms with E-state index in [2.05, 4.69) is 32.3 Å². The molecule has 2 aromatic heterocycles. The first-order chi connectivity index (χ1) is 30.0. The van der Waals surface area contributed by atoms with Crippen molar-refractivity contribution in [3.05, 3.63) is 136 Å². The molecule has 324 valence electrons. The number of aromatic hydroxyl groups is 1. The number of nitrogens with one attached hydrogen (secondary N) is 3. The zero-order valence-corrected chi connectivity index (χ0v) is 36.4. The monoisotopic (exact) mass is 875 g/mol. The topological polar surface area (TPSA) is 164 Å². The number of carbonyl (C=O) groups is 1. The Labute approximate surface area is 365 Å². The van der Waals surface area contributed by atoms with Crippen LogP contribution in [0, 0.1) is 0 Å². The summed E-state index contributed by atoms with van der Waals surface area (Å²) >= 11 is 1.49. The normalized spacial score (nSPS) is 17.0. The van der Waals surface area contributed by atoms with Crippen molar-refractivity contribution in [2.24, 2.45) is 0 Å². The molecule has 3 heterocycles. The van der Waals surface area contributed by atoms with E-state index < -0.39 is 21.8 Å². The Morgan fingerprint density at radius 2 is 1.69 bits per heavy atom. The number of aromatic amines is 1. The van der Waals surface area contributed by atoms with Crippen LogP contribution in [0.2, 0.25) is 0 Å². The van der Waals surface area contributed by atoms with Crippen LogP contribution < -0.4 is 20.9 Å². The third-order valence-corrected chi connectivity index (χ3v) is 15.0. The molecule has 1 aliphatic heterocycles. The Balaban J connectivity index is 0.836. The molecule has 1 aliphatic carbocycles. The Morgan fingerprint density at radius 1 is 0.919 bits per heavy atom. The second-order valence-electron chi connectivity index (χ2n) is 16.2. The number of aliphatic hydroxyl groups excluding tert-OH is 1. The first-order valence-corrected chi connectivity index (χ1v) is 23.7. The molecule has 1 amide bonds. The second-order valence-corrected chi connectivity index (χ2v) is 19.1. The number of aromatic nitrogens is 1. The number of ether oxygens (including phenoxy) is 1. The Hall–Kier alpha value is -5.35. The lowest BCUT2D eigenvalue weighted by Crippen LogP contribution is -2.50. The molecule has 0 unspecified atom stereocenters. The van der Waals surface area contributed by atoms with Gasteiger partial charge in [0.1, 0.15) is 11.5 Å². The number of anilines is 1. The maximum absolute atomic E-state index is 13.7. The van der Waals surface area contributed by atoms with Gasteiger partial charge in [0.25, 0.3) is 5.91 Å². The molecule has 2 atom stereocenters. The summed E-state index contributed by atoms with van der Waals surface area (Å²) in [6, 6.07) is 26.1. The average Bonchev–Trinajstić information content (AvgIpc) is 3.63. The number of carbonyl (C=O) groups excluding carboxylic acids is 1. The minimum Gasteiger partial charge on any atom is -0.506 e. The Bertz CT molecular complexity index is 2720. The Morgan fingerprint density at radius 3 is 2.47 bits per heavy atom. The van der Waals surface area contributed by atoms with E-state index in [4.69, 9.17) is 4.74 Å². The maximum atomic E-state index is 13.7. The van der Waals surface area contributed by atoms with Crippen molar-refractivity contribution in [3.63, 3.8) is 0 Å². The fourth-order valence-corrected chi connectivity index (χ4v) is 11.0. The molecule has 4 aromatic carbocycles. The summed E-state index contributed by atoms with van der Waals surface area (Å²) in [4.78, 5) is 32.9. The van der Waals surface area contributed by atoms with Gasteiger partial charge in [-0.1, -0.05) is 56.0 Å². The first kappa shape index (κ1) is 43.3. The number of nitrogens with zero attached hydrogens (tertiary/aromatic N) is 2.